The number of nitrogens with one attached hydrogen (secondary N) is 1. The lowest BCUT2D eigenvalue weighted by molar-refractivity contribution is 0.134. The molecule has 0 aromatic rings. The van der Waals surface area contributed by atoms with Crippen molar-refractivity contribution in [1.29, 1.82) is 0 Å². The second kappa shape index (κ2) is 4.42. The second-order valence-electron chi connectivity index (χ2n) is 4.76. The van der Waals surface area contributed by atoms with Crippen LogP contribution in [0.15, 0.2) is 0 Å². The van der Waals surface area contributed by atoms with Crippen LogP contribution in [0.2, 0.25) is 0 Å². The van der Waals surface area contributed by atoms with E-state index in [1.54, 1.807) is 0 Å². The minimum absolute atomic E-state index is 0.617. The van der Waals surface area contributed by atoms with Gasteiger partial charge in [-0.15, -0.1) is 0 Å². The number of thioether (sulfide) groups is 1. The van der Waals surface area contributed by atoms with E-state index in [1.807, 2.05) is 0 Å². The molecule has 1 unspecified atom stereocenters. The van der Waals surface area contributed by atoms with E-state index in [4.69, 9.17) is 0 Å². The zero-order valence-corrected chi connectivity index (χ0v) is 10.2. The molecule has 1 saturated heterocycles. The lowest BCUT2D eigenvalue weighted by Crippen LogP contribution is -2.55. The van der Waals surface area contributed by atoms with Crippen LogP contribution in [0, 0.1) is 0 Å². The van der Waals surface area contributed by atoms with E-state index >= 15 is 0 Å². The minimum Gasteiger partial charge on any atom is -0.314 e. The van der Waals surface area contributed by atoms with Crippen LogP contribution in [0.1, 0.15) is 26.2 Å². The van der Waals surface area contributed by atoms with Gasteiger partial charge in [0.05, 0.1) is 0 Å². The van der Waals surface area contributed by atoms with Crippen molar-refractivity contribution in [2.75, 3.05) is 32.4 Å². The van der Waals surface area contributed by atoms with Crippen LogP contribution in [0.4, 0.5) is 0 Å². The van der Waals surface area contributed by atoms with Crippen molar-refractivity contribution in [3.63, 3.8) is 0 Å². The summed E-state index contributed by atoms with van der Waals surface area (Å²) < 4.78 is 0.617. The molecule has 0 amide bonds. The summed E-state index contributed by atoms with van der Waals surface area (Å²) in [5.41, 5.74) is 0. The summed E-state index contributed by atoms with van der Waals surface area (Å²) in [6.07, 6.45) is 6.60. The second-order valence-corrected chi connectivity index (χ2v) is 6.04. The summed E-state index contributed by atoms with van der Waals surface area (Å²) in [5, 5.41) is 3.46. The van der Waals surface area contributed by atoms with Crippen LogP contribution in [0.5, 0.6) is 0 Å². The molecule has 82 valence electrons. The third-order valence-corrected chi connectivity index (χ3v) is 5.23. The standard InChI is InChI=1S/C11H22N2S/c1-10-8-12-6-7-13(10)9-11(14-2)4-3-5-11/h10,12H,3-9H2,1-2H3. The Balaban J connectivity index is 1.88. The summed E-state index contributed by atoms with van der Waals surface area (Å²) >= 11 is 2.09. The quantitative estimate of drug-likeness (QED) is 0.768. The van der Waals surface area contributed by atoms with Crippen LogP contribution in [0.25, 0.3) is 0 Å². The summed E-state index contributed by atoms with van der Waals surface area (Å²) in [6.45, 7) is 7.25. The Morgan fingerprint density at radius 1 is 1.50 bits per heavy atom. The fourth-order valence-corrected chi connectivity index (χ4v) is 3.48. The molecule has 0 spiro atoms. The van der Waals surface area contributed by atoms with Crippen molar-refractivity contribution in [1.82, 2.24) is 10.2 Å². The predicted octanol–water partition coefficient (Wildman–Crippen LogP) is 1.57. The maximum Gasteiger partial charge on any atom is 0.0284 e. The zero-order valence-electron chi connectivity index (χ0n) is 9.38. The summed E-state index contributed by atoms with van der Waals surface area (Å²) in [5.74, 6) is 0. The summed E-state index contributed by atoms with van der Waals surface area (Å²) in [6, 6.07) is 0.730. The first-order valence-electron chi connectivity index (χ1n) is 5.76. The third kappa shape index (κ3) is 2.10. The van der Waals surface area contributed by atoms with Crippen LogP contribution in [-0.2, 0) is 0 Å². The van der Waals surface area contributed by atoms with Gasteiger partial charge in [-0.3, -0.25) is 4.90 Å². The topological polar surface area (TPSA) is 15.3 Å². The first-order valence-corrected chi connectivity index (χ1v) is 6.98. The SMILES string of the molecule is CSC1(CN2CCNCC2C)CCC1. The molecule has 14 heavy (non-hydrogen) atoms. The maximum absolute atomic E-state index is 3.46. The molecule has 1 N–H and O–H groups in total. The molecule has 1 aliphatic heterocycles. The van der Waals surface area contributed by atoms with Gasteiger partial charge in [-0.1, -0.05) is 6.42 Å². The van der Waals surface area contributed by atoms with Crippen LogP contribution in [-0.4, -0.2) is 48.1 Å². The molecule has 0 aromatic carbocycles. The lowest BCUT2D eigenvalue weighted by Gasteiger charge is -2.46. The highest BCUT2D eigenvalue weighted by atomic mass is 32.2. The molecular weight excluding hydrogens is 192 g/mol. The van der Waals surface area contributed by atoms with Crippen molar-refractivity contribution >= 4 is 11.8 Å². The van der Waals surface area contributed by atoms with Gasteiger partial charge in [-0.25, -0.2) is 0 Å². The van der Waals surface area contributed by atoms with Crippen LogP contribution in [0.3, 0.4) is 0 Å². The Bertz CT molecular complexity index is 186. The van der Waals surface area contributed by atoms with Gasteiger partial charge in [-0.2, -0.15) is 11.8 Å². The predicted molar refractivity (Wildman–Crippen MR) is 64.0 cm³/mol. The van der Waals surface area contributed by atoms with E-state index in [2.05, 4.69) is 35.2 Å². The van der Waals surface area contributed by atoms with Crippen molar-refractivity contribution in [3.05, 3.63) is 0 Å². The highest BCUT2D eigenvalue weighted by Crippen LogP contribution is 2.43. The van der Waals surface area contributed by atoms with Crippen molar-refractivity contribution in [3.8, 4) is 0 Å². The molecule has 1 aliphatic carbocycles. The Morgan fingerprint density at radius 3 is 2.79 bits per heavy atom. The van der Waals surface area contributed by atoms with Gasteiger partial charge in [0.2, 0.25) is 0 Å². The minimum atomic E-state index is 0.617. The fraction of sp³-hybridized carbons (Fsp3) is 1.00. The van der Waals surface area contributed by atoms with Gasteiger partial charge in [0.15, 0.2) is 0 Å². The Hall–Kier alpha value is 0.270. The van der Waals surface area contributed by atoms with Crippen molar-refractivity contribution < 1.29 is 0 Å². The Labute approximate surface area is 91.8 Å². The average molecular weight is 214 g/mol. The van der Waals surface area contributed by atoms with Gasteiger partial charge in [0, 0.05) is 37.0 Å². The largest absolute Gasteiger partial charge is 0.314 e. The van der Waals surface area contributed by atoms with E-state index in [1.165, 1.54) is 45.4 Å². The smallest absolute Gasteiger partial charge is 0.0284 e. The van der Waals surface area contributed by atoms with Gasteiger partial charge < -0.3 is 5.32 Å². The molecule has 0 aromatic heterocycles. The number of nitrogens with zero attached hydrogens (tertiary/aromatic N) is 1. The van der Waals surface area contributed by atoms with Gasteiger partial charge in [0.1, 0.15) is 0 Å². The molecule has 2 fully saturated rings. The molecule has 1 heterocycles. The fourth-order valence-electron chi connectivity index (χ4n) is 2.49. The van der Waals surface area contributed by atoms with E-state index in [-0.39, 0.29) is 0 Å². The average Bonchev–Trinajstić information content (AvgIpc) is 2.14. The molecule has 2 rings (SSSR count). The molecule has 0 bridgehead atoms. The monoisotopic (exact) mass is 214 g/mol. The van der Waals surface area contributed by atoms with E-state index in [0.717, 1.165) is 6.04 Å². The third-order valence-electron chi connectivity index (χ3n) is 3.83. The highest BCUT2D eigenvalue weighted by Gasteiger charge is 2.38. The molecular formula is C11H22N2S. The molecule has 1 atom stereocenters. The normalized spacial score (nSPS) is 32.6. The summed E-state index contributed by atoms with van der Waals surface area (Å²) in [7, 11) is 0. The summed E-state index contributed by atoms with van der Waals surface area (Å²) in [4.78, 5) is 2.67. The lowest BCUT2D eigenvalue weighted by atomic mass is 9.83. The first kappa shape index (κ1) is 10.8. The maximum atomic E-state index is 3.46. The Morgan fingerprint density at radius 2 is 2.29 bits per heavy atom. The van der Waals surface area contributed by atoms with Gasteiger partial charge in [0.25, 0.3) is 0 Å². The number of hydrogen-bond acceptors (Lipinski definition) is 3. The van der Waals surface area contributed by atoms with E-state index < -0.39 is 0 Å². The number of piperazine rings is 1. The highest BCUT2D eigenvalue weighted by molar-refractivity contribution is 8.00. The van der Waals surface area contributed by atoms with Crippen LogP contribution < -0.4 is 5.32 Å². The molecule has 1 saturated carbocycles. The van der Waals surface area contributed by atoms with Crippen molar-refractivity contribution in [2.45, 2.75) is 37.0 Å². The molecule has 0 radical (unpaired) electrons. The van der Waals surface area contributed by atoms with Gasteiger partial charge >= 0.3 is 0 Å². The van der Waals surface area contributed by atoms with E-state index in [9.17, 15) is 0 Å². The van der Waals surface area contributed by atoms with Crippen molar-refractivity contribution in [2.24, 2.45) is 0 Å². The number of rotatable bonds is 3. The molecule has 2 nitrogen and oxygen atoms in total. The molecule has 2 aliphatic rings. The van der Waals surface area contributed by atoms with E-state index in [0.29, 0.717) is 4.75 Å². The first-order chi connectivity index (χ1) is 6.76. The Kier molecular flexibility index (Phi) is 3.40. The van der Waals surface area contributed by atoms with Gasteiger partial charge in [-0.05, 0) is 26.0 Å². The number of hydrogen-bond donors (Lipinski definition) is 1. The van der Waals surface area contributed by atoms with Crippen LogP contribution >= 0.6 is 11.8 Å². The molecule has 3 heteroatoms. The zero-order chi connectivity index (χ0) is 10.0.